The van der Waals surface area contributed by atoms with Crippen LogP contribution in [0.15, 0.2) is 11.6 Å². The molecule has 8 aliphatic rings. The number of hydrogen-bond donors (Lipinski definition) is 8. The molecule has 0 aromatic carbocycles. The zero-order valence-electron chi connectivity index (χ0n) is 40.6. The molecule has 0 aromatic heterocycles. The summed E-state index contributed by atoms with van der Waals surface area (Å²) in [7, 11) is 2.63. The minimum Gasteiger partial charge on any atom is -0.469 e. The first kappa shape index (κ1) is 51.5. The molecule has 7 fully saturated rings. The fraction of sp³-hybridized carbons (Fsp3) is 0.918. The molecule has 18 heteroatoms. The van der Waals surface area contributed by atoms with Gasteiger partial charge in [0.15, 0.2) is 25.0 Å². The fourth-order valence-electron chi connectivity index (χ4n) is 15.2. The van der Waals surface area contributed by atoms with Gasteiger partial charge in [-0.2, -0.15) is 0 Å². The Labute approximate surface area is 393 Å². The van der Waals surface area contributed by atoms with E-state index in [1.165, 1.54) is 12.7 Å². The van der Waals surface area contributed by atoms with Crippen LogP contribution in [0.3, 0.4) is 0 Å². The van der Waals surface area contributed by atoms with Crippen molar-refractivity contribution in [1.82, 2.24) is 0 Å². The molecule has 3 heterocycles. The molecule has 5 aliphatic carbocycles. The van der Waals surface area contributed by atoms with Crippen molar-refractivity contribution < 1.29 is 88.3 Å². The Kier molecular flexibility index (Phi) is 14.1. The molecular weight excluding hydrogens is 877 g/mol. The highest BCUT2D eigenvalue weighted by atomic mass is 16.8. The zero-order chi connectivity index (χ0) is 49.0. The Morgan fingerprint density at radius 3 is 1.85 bits per heavy atom. The van der Waals surface area contributed by atoms with E-state index in [-0.39, 0.29) is 39.5 Å². The second kappa shape index (κ2) is 18.3. The number of allylic oxidation sites excluding steroid dienone is 2. The number of rotatable bonds is 10. The maximum absolute atomic E-state index is 13.8. The van der Waals surface area contributed by atoms with Crippen LogP contribution in [-0.4, -0.2) is 172 Å². The highest BCUT2D eigenvalue weighted by Gasteiger charge is 2.70. The second-order valence-corrected chi connectivity index (χ2v) is 23.4. The number of esters is 2. The Balaban J connectivity index is 1.09. The van der Waals surface area contributed by atoms with Gasteiger partial charge in [0.25, 0.3) is 0 Å². The Morgan fingerprint density at radius 1 is 0.642 bits per heavy atom. The van der Waals surface area contributed by atoms with Gasteiger partial charge in [0, 0.05) is 0 Å². The normalized spacial score (nSPS) is 51.3. The van der Waals surface area contributed by atoms with Crippen molar-refractivity contribution in [2.75, 3.05) is 27.4 Å². The Morgan fingerprint density at radius 2 is 1.24 bits per heavy atom. The van der Waals surface area contributed by atoms with Gasteiger partial charge in [-0.25, -0.2) is 4.79 Å². The van der Waals surface area contributed by atoms with E-state index in [2.05, 4.69) is 54.5 Å². The van der Waals surface area contributed by atoms with E-state index >= 15 is 0 Å². The third kappa shape index (κ3) is 8.07. The minimum absolute atomic E-state index is 0.0660. The van der Waals surface area contributed by atoms with E-state index in [1.54, 1.807) is 0 Å². The summed E-state index contributed by atoms with van der Waals surface area (Å²) in [6.07, 6.45) is -12.8. The van der Waals surface area contributed by atoms with Gasteiger partial charge in [0.2, 0.25) is 0 Å². The van der Waals surface area contributed by atoms with Crippen molar-refractivity contribution in [2.24, 2.45) is 50.2 Å². The second-order valence-electron chi connectivity index (χ2n) is 23.4. The molecule has 67 heavy (non-hydrogen) atoms. The topological polar surface area (TPSA) is 270 Å². The number of carbonyl (C=O) groups is 2. The number of aliphatic hydroxyl groups is 8. The van der Waals surface area contributed by atoms with Crippen molar-refractivity contribution in [3.8, 4) is 0 Å². The first-order chi connectivity index (χ1) is 31.4. The fourth-order valence-corrected chi connectivity index (χ4v) is 15.2. The zero-order valence-corrected chi connectivity index (χ0v) is 40.6. The summed E-state index contributed by atoms with van der Waals surface area (Å²) in [6.45, 7) is 14.9. The maximum Gasteiger partial charge on any atom is 0.337 e. The van der Waals surface area contributed by atoms with Gasteiger partial charge in [0.1, 0.15) is 61.0 Å². The summed E-state index contributed by atoms with van der Waals surface area (Å²) >= 11 is 0. The van der Waals surface area contributed by atoms with Gasteiger partial charge in [-0.1, -0.05) is 60.1 Å². The highest BCUT2D eigenvalue weighted by Crippen LogP contribution is 2.76. The molecule has 0 unspecified atom stereocenters. The molecule has 0 radical (unpaired) electrons. The number of aliphatic hydroxyl groups excluding tert-OH is 8. The van der Waals surface area contributed by atoms with Crippen molar-refractivity contribution in [2.45, 2.75) is 205 Å². The standard InChI is InChI=1S/C49H78O18/c1-44(2)16-18-49(43(59)61-9)19-17-47(6)23(24(49)20-44)10-11-28-46(5)14-13-29(45(3,4)27(46)12-15-48(28,47)7)64-42-37(66-41-34(56)32(54)30(52)25(21-50)62-41)35(57)36(38(67-42)39(58)60-8)65-40-33(55)31(53)26(22-51)63-40/h10,24-38,40-42,50-57H,11-22H2,1-9H3/t24-,25+,26-,27-,28+,29-,30-,31-,32-,33+,34+,35-,36-,37+,38-,40-,41-,42+,46-,47+,48+,49-/m0/s1. The first-order valence-corrected chi connectivity index (χ1v) is 24.5. The number of ether oxygens (including phenoxy) is 8. The van der Waals surface area contributed by atoms with Crippen LogP contribution < -0.4 is 0 Å². The number of fused-ring (bicyclic) bond motifs is 7. The molecule has 22 atom stereocenters. The summed E-state index contributed by atoms with van der Waals surface area (Å²) in [5.41, 5.74) is 0.162. The lowest BCUT2D eigenvalue weighted by Gasteiger charge is -2.71. The smallest absolute Gasteiger partial charge is 0.337 e. The lowest BCUT2D eigenvalue weighted by atomic mass is 9.33. The predicted molar refractivity (Wildman–Crippen MR) is 234 cm³/mol. The van der Waals surface area contributed by atoms with E-state index in [0.717, 1.165) is 64.9 Å². The largest absolute Gasteiger partial charge is 0.469 e. The number of carbonyl (C=O) groups excluding carboxylic acids is 2. The molecule has 3 saturated heterocycles. The van der Waals surface area contributed by atoms with E-state index in [0.29, 0.717) is 12.3 Å². The molecule has 382 valence electrons. The summed E-state index contributed by atoms with van der Waals surface area (Å²) in [5, 5.41) is 85.5. The van der Waals surface area contributed by atoms with Gasteiger partial charge < -0.3 is 78.7 Å². The minimum atomic E-state index is -1.89. The summed E-state index contributed by atoms with van der Waals surface area (Å²) < 4.78 is 47.3. The van der Waals surface area contributed by atoms with E-state index in [4.69, 9.17) is 37.9 Å². The summed E-state index contributed by atoms with van der Waals surface area (Å²) in [6, 6.07) is 0. The summed E-state index contributed by atoms with van der Waals surface area (Å²) in [4.78, 5) is 27.3. The van der Waals surface area contributed by atoms with Crippen LogP contribution in [-0.2, 0) is 47.5 Å². The number of methoxy groups -OCH3 is 2. The lowest BCUT2D eigenvalue weighted by molar-refractivity contribution is -0.383. The monoisotopic (exact) mass is 955 g/mol. The molecule has 4 saturated carbocycles. The summed E-state index contributed by atoms with van der Waals surface area (Å²) in [5.74, 6) is -0.496. The van der Waals surface area contributed by atoms with Gasteiger partial charge >= 0.3 is 11.9 Å². The van der Waals surface area contributed by atoms with E-state index in [9.17, 15) is 50.4 Å². The average molecular weight is 955 g/mol. The molecular formula is C49H78O18. The lowest BCUT2D eigenvalue weighted by Crippen LogP contribution is -2.68. The quantitative estimate of drug-likeness (QED) is 0.0878. The SMILES string of the molecule is COC(=O)[C@H]1O[C@@H](O[C@H]2CC[C@]3(C)[C@H]4CC=C5[C@@H]6CC(C)(C)CC[C@]6(C(=O)OC)CC[C@@]5(C)[C@]4(C)CC[C@H]3C2(C)C)[C@H](O[C@@H]2O[C@H](CO)[C@H](O)[C@H](O)[C@H]2O)[C@@H](O)[C@@H]1O[C@@H]1O[C@@H](CO)[C@H](O)[C@H]1O. The molecule has 8 rings (SSSR count). The Bertz CT molecular complexity index is 1860. The molecule has 0 spiro atoms. The van der Waals surface area contributed by atoms with Crippen LogP contribution in [0.4, 0.5) is 0 Å². The number of hydrogen-bond acceptors (Lipinski definition) is 18. The van der Waals surface area contributed by atoms with Crippen LogP contribution in [0.1, 0.15) is 113 Å². The van der Waals surface area contributed by atoms with Crippen LogP contribution >= 0.6 is 0 Å². The molecule has 8 N–H and O–H groups in total. The molecule has 0 amide bonds. The first-order valence-electron chi connectivity index (χ1n) is 24.5. The predicted octanol–water partition coefficient (Wildman–Crippen LogP) is 1.61. The van der Waals surface area contributed by atoms with Crippen LogP contribution in [0.25, 0.3) is 0 Å². The molecule has 18 nitrogen and oxygen atoms in total. The van der Waals surface area contributed by atoms with Gasteiger partial charge in [-0.05, 0) is 109 Å². The van der Waals surface area contributed by atoms with Gasteiger partial charge in [-0.15, -0.1) is 0 Å². The van der Waals surface area contributed by atoms with Crippen molar-refractivity contribution in [3.05, 3.63) is 11.6 Å². The molecule has 3 aliphatic heterocycles. The van der Waals surface area contributed by atoms with Gasteiger partial charge in [0.05, 0.1) is 39.0 Å². The van der Waals surface area contributed by atoms with E-state index < -0.39 is 122 Å². The van der Waals surface area contributed by atoms with Crippen LogP contribution in [0.2, 0.25) is 0 Å². The molecule has 0 aromatic rings. The average Bonchev–Trinajstić information content (AvgIpc) is 3.56. The van der Waals surface area contributed by atoms with Crippen LogP contribution in [0.5, 0.6) is 0 Å². The van der Waals surface area contributed by atoms with Crippen molar-refractivity contribution in [1.29, 1.82) is 0 Å². The maximum atomic E-state index is 13.8. The van der Waals surface area contributed by atoms with Crippen molar-refractivity contribution in [3.63, 3.8) is 0 Å². The highest BCUT2D eigenvalue weighted by molar-refractivity contribution is 5.78. The van der Waals surface area contributed by atoms with Gasteiger partial charge in [-0.3, -0.25) is 4.79 Å². The third-order valence-electron chi connectivity index (χ3n) is 19.3. The third-order valence-corrected chi connectivity index (χ3v) is 19.3. The van der Waals surface area contributed by atoms with Crippen molar-refractivity contribution >= 4 is 11.9 Å². The molecule has 0 bridgehead atoms. The van der Waals surface area contributed by atoms with Crippen LogP contribution in [0, 0.1) is 50.2 Å². The van der Waals surface area contributed by atoms with E-state index in [1.807, 2.05) is 0 Å². The Hall–Kier alpha value is -1.88.